The fraction of sp³-hybridized carbons (Fsp3) is 0.500. The molecular formula is C8H12N4. The lowest BCUT2D eigenvalue weighted by Gasteiger charge is -2.07. The Hall–Kier alpha value is -1.16. The second-order valence-electron chi connectivity index (χ2n) is 3.03. The van der Waals surface area contributed by atoms with Gasteiger partial charge in [-0.15, -0.1) is 5.10 Å². The summed E-state index contributed by atoms with van der Waals surface area (Å²) in [6.45, 7) is 1.08. The van der Waals surface area contributed by atoms with Gasteiger partial charge in [0.05, 0.1) is 11.7 Å². The lowest BCUT2D eigenvalue weighted by molar-refractivity contribution is 0.617. The maximum atomic E-state index is 5.43. The number of nitrogens with one attached hydrogen (secondary N) is 1. The molecule has 0 spiro atoms. The highest BCUT2D eigenvalue weighted by Gasteiger charge is 2.17. The first-order valence-corrected chi connectivity index (χ1v) is 4.19. The van der Waals surface area contributed by atoms with Crippen molar-refractivity contribution in [3.05, 3.63) is 17.8 Å². The highest BCUT2D eigenvalue weighted by atomic mass is 15.2. The third kappa shape index (κ3) is 1.38. The summed E-state index contributed by atoms with van der Waals surface area (Å²) in [7, 11) is 0. The summed E-state index contributed by atoms with van der Waals surface area (Å²) < 4.78 is 0. The average Bonchev–Trinajstić information content (AvgIpc) is 2.58. The Labute approximate surface area is 71.2 Å². The molecule has 4 heteroatoms. The van der Waals surface area contributed by atoms with Crippen molar-refractivity contribution in [2.45, 2.75) is 18.9 Å². The number of hydrogen-bond acceptors (Lipinski definition) is 4. The number of aromatic nitrogens is 2. The molecule has 1 aromatic heterocycles. The van der Waals surface area contributed by atoms with Gasteiger partial charge in [0, 0.05) is 0 Å². The van der Waals surface area contributed by atoms with Crippen LogP contribution in [0.4, 0.5) is 5.82 Å². The van der Waals surface area contributed by atoms with Crippen LogP contribution in [-0.2, 0) is 0 Å². The van der Waals surface area contributed by atoms with Gasteiger partial charge in [-0.2, -0.15) is 5.10 Å². The second kappa shape index (κ2) is 3.06. The molecule has 0 radical (unpaired) electrons. The molecule has 0 aliphatic carbocycles. The van der Waals surface area contributed by atoms with Gasteiger partial charge < -0.3 is 11.1 Å². The highest BCUT2D eigenvalue weighted by Crippen LogP contribution is 2.20. The van der Waals surface area contributed by atoms with Crippen molar-refractivity contribution in [1.82, 2.24) is 15.5 Å². The lowest BCUT2D eigenvalue weighted by Crippen LogP contribution is -2.14. The molecular weight excluding hydrogens is 152 g/mol. The second-order valence-corrected chi connectivity index (χ2v) is 3.03. The van der Waals surface area contributed by atoms with Crippen molar-refractivity contribution in [3.63, 3.8) is 0 Å². The maximum absolute atomic E-state index is 5.43. The van der Waals surface area contributed by atoms with Crippen LogP contribution in [0.5, 0.6) is 0 Å². The fourth-order valence-corrected chi connectivity index (χ4v) is 1.48. The summed E-state index contributed by atoms with van der Waals surface area (Å²) in [6.07, 6.45) is 2.37. The summed E-state index contributed by atoms with van der Waals surface area (Å²) in [5.41, 5.74) is 6.43. The molecule has 1 fully saturated rings. The highest BCUT2D eigenvalue weighted by molar-refractivity contribution is 5.26. The average molecular weight is 164 g/mol. The predicted octanol–water partition coefficient (Wildman–Crippen LogP) is 0.483. The normalized spacial score (nSPS) is 22.8. The van der Waals surface area contributed by atoms with Crippen LogP contribution >= 0.6 is 0 Å². The summed E-state index contributed by atoms with van der Waals surface area (Å²) in [5.74, 6) is 0.483. The van der Waals surface area contributed by atoms with E-state index in [-0.39, 0.29) is 0 Å². The molecule has 1 atom stereocenters. The molecule has 1 aliphatic heterocycles. The van der Waals surface area contributed by atoms with E-state index >= 15 is 0 Å². The Morgan fingerprint density at radius 1 is 1.42 bits per heavy atom. The molecule has 1 unspecified atom stereocenters. The fourth-order valence-electron chi connectivity index (χ4n) is 1.48. The Kier molecular flexibility index (Phi) is 1.91. The minimum atomic E-state index is 0.387. The Morgan fingerprint density at radius 3 is 2.92 bits per heavy atom. The van der Waals surface area contributed by atoms with E-state index in [1.165, 1.54) is 6.42 Å². The van der Waals surface area contributed by atoms with Gasteiger partial charge >= 0.3 is 0 Å². The smallest absolute Gasteiger partial charge is 0.146 e. The monoisotopic (exact) mass is 164 g/mol. The van der Waals surface area contributed by atoms with Crippen molar-refractivity contribution in [1.29, 1.82) is 0 Å². The third-order valence-corrected chi connectivity index (χ3v) is 2.12. The molecule has 1 saturated heterocycles. The van der Waals surface area contributed by atoms with E-state index < -0.39 is 0 Å². The van der Waals surface area contributed by atoms with E-state index in [2.05, 4.69) is 15.5 Å². The van der Waals surface area contributed by atoms with Crippen molar-refractivity contribution in [3.8, 4) is 0 Å². The Balaban J connectivity index is 2.17. The number of nitrogen functional groups attached to an aromatic ring is 1. The van der Waals surface area contributed by atoms with Gasteiger partial charge in [0.25, 0.3) is 0 Å². The lowest BCUT2D eigenvalue weighted by atomic mass is 10.1. The van der Waals surface area contributed by atoms with E-state index in [1.54, 1.807) is 6.07 Å². The summed E-state index contributed by atoms with van der Waals surface area (Å²) in [6, 6.07) is 4.12. The molecule has 0 saturated carbocycles. The summed E-state index contributed by atoms with van der Waals surface area (Å²) in [4.78, 5) is 0. The quantitative estimate of drug-likeness (QED) is 0.633. The van der Waals surface area contributed by atoms with Gasteiger partial charge in [-0.3, -0.25) is 0 Å². The summed E-state index contributed by atoms with van der Waals surface area (Å²) >= 11 is 0. The van der Waals surface area contributed by atoms with Crippen molar-refractivity contribution >= 4 is 5.82 Å². The first-order chi connectivity index (χ1) is 5.86. The van der Waals surface area contributed by atoms with Gasteiger partial charge in [0.2, 0.25) is 0 Å². The van der Waals surface area contributed by atoms with Crippen LogP contribution in [0.25, 0.3) is 0 Å². The van der Waals surface area contributed by atoms with Crippen LogP contribution in [0.2, 0.25) is 0 Å². The van der Waals surface area contributed by atoms with Crippen molar-refractivity contribution < 1.29 is 0 Å². The van der Waals surface area contributed by atoms with Crippen LogP contribution in [0.15, 0.2) is 12.1 Å². The number of nitrogens with two attached hydrogens (primary N) is 1. The number of hydrogen-bond donors (Lipinski definition) is 2. The van der Waals surface area contributed by atoms with E-state index in [9.17, 15) is 0 Å². The van der Waals surface area contributed by atoms with Gasteiger partial charge in [-0.25, -0.2) is 0 Å². The number of anilines is 1. The molecule has 1 aliphatic rings. The first-order valence-electron chi connectivity index (χ1n) is 4.19. The SMILES string of the molecule is Nc1ccc(C2CCCN2)nn1. The standard InChI is InChI=1S/C8H12N4/c9-8-4-3-7(11-12-8)6-2-1-5-10-6/h3-4,6,10H,1-2,5H2,(H2,9,12). The van der Waals surface area contributed by atoms with Crippen LogP contribution in [-0.4, -0.2) is 16.7 Å². The molecule has 2 heterocycles. The topological polar surface area (TPSA) is 63.8 Å². The van der Waals surface area contributed by atoms with E-state index in [1.807, 2.05) is 6.07 Å². The molecule has 0 bridgehead atoms. The molecule has 64 valence electrons. The molecule has 3 N–H and O–H groups in total. The molecule has 0 aromatic carbocycles. The Bertz CT molecular complexity index is 250. The largest absolute Gasteiger partial charge is 0.382 e. The van der Waals surface area contributed by atoms with Gasteiger partial charge in [0.15, 0.2) is 0 Å². The number of rotatable bonds is 1. The Morgan fingerprint density at radius 2 is 2.33 bits per heavy atom. The number of nitrogens with zero attached hydrogens (tertiary/aromatic N) is 2. The third-order valence-electron chi connectivity index (χ3n) is 2.12. The van der Waals surface area contributed by atoms with Crippen molar-refractivity contribution in [2.24, 2.45) is 0 Å². The van der Waals surface area contributed by atoms with Crippen molar-refractivity contribution in [2.75, 3.05) is 12.3 Å². The van der Waals surface area contributed by atoms with E-state index in [0.29, 0.717) is 11.9 Å². The molecule has 1 aromatic rings. The zero-order valence-electron chi connectivity index (χ0n) is 6.83. The van der Waals surface area contributed by atoms with Crippen LogP contribution in [0.1, 0.15) is 24.6 Å². The van der Waals surface area contributed by atoms with Crippen LogP contribution < -0.4 is 11.1 Å². The summed E-state index contributed by atoms with van der Waals surface area (Å²) in [5, 5.41) is 11.2. The predicted molar refractivity (Wildman–Crippen MR) is 46.4 cm³/mol. The van der Waals surface area contributed by atoms with Crippen LogP contribution in [0.3, 0.4) is 0 Å². The van der Waals surface area contributed by atoms with Gasteiger partial charge in [-0.05, 0) is 31.5 Å². The molecule has 2 rings (SSSR count). The van der Waals surface area contributed by atoms with E-state index in [0.717, 1.165) is 18.7 Å². The molecule has 4 nitrogen and oxygen atoms in total. The maximum Gasteiger partial charge on any atom is 0.146 e. The molecule has 12 heavy (non-hydrogen) atoms. The van der Waals surface area contributed by atoms with Gasteiger partial charge in [0.1, 0.15) is 5.82 Å². The molecule has 0 amide bonds. The zero-order valence-corrected chi connectivity index (χ0v) is 6.83. The van der Waals surface area contributed by atoms with Crippen LogP contribution in [0, 0.1) is 0 Å². The first kappa shape index (κ1) is 7.49. The van der Waals surface area contributed by atoms with Gasteiger partial charge in [-0.1, -0.05) is 0 Å². The minimum Gasteiger partial charge on any atom is -0.382 e. The minimum absolute atomic E-state index is 0.387. The van der Waals surface area contributed by atoms with E-state index in [4.69, 9.17) is 5.73 Å². The zero-order chi connectivity index (χ0) is 8.39.